The van der Waals surface area contributed by atoms with Crippen molar-refractivity contribution < 1.29 is 57.5 Å². The summed E-state index contributed by atoms with van der Waals surface area (Å²) in [5, 5.41) is 0.110. The minimum atomic E-state index is -4.08. The van der Waals surface area contributed by atoms with Gasteiger partial charge in [-0.1, -0.05) is 24.3 Å². The molecule has 0 saturated carbocycles. The Hall–Kier alpha value is -6.34. The number of benzene rings is 4. The fourth-order valence-electron chi connectivity index (χ4n) is 8.41. The molecule has 0 atom stereocenters. The number of hydrogen-bond donors (Lipinski definition) is 4. The van der Waals surface area contributed by atoms with E-state index in [9.17, 15) is 13.3 Å². The highest BCUT2D eigenvalue weighted by atomic mass is 127. The third-order valence-corrected chi connectivity index (χ3v) is 14.4. The van der Waals surface area contributed by atoms with Gasteiger partial charge in [0.05, 0.1) is 27.6 Å². The molecule has 5 heterocycles. The quantitative estimate of drug-likeness (QED) is 0.0421. The Morgan fingerprint density at radius 3 is 0.986 bits per heavy atom. The number of aromatic amines is 4. The van der Waals surface area contributed by atoms with Crippen LogP contribution in [0.15, 0.2) is 97.1 Å². The second kappa shape index (κ2) is 18.1. The van der Waals surface area contributed by atoms with Crippen LogP contribution in [-0.2, 0) is 13.6 Å². The maximum atomic E-state index is 16.1. The molecule has 0 unspecified atom stereocenters. The fraction of sp³-hybridized carbons (Fsp3) is 0.154. The van der Waals surface area contributed by atoms with Crippen molar-refractivity contribution in [2.24, 2.45) is 0 Å². The highest BCUT2D eigenvalue weighted by Crippen LogP contribution is 2.53. The monoisotopic (exact) mass is 1110 g/mol. The topological polar surface area (TPSA) is 98.7 Å². The third kappa shape index (κ3) is 9.04. The summed E-state index contributed by atoms with van der Waals surface area (Å²) in [4.78, 5) is 12.3. The highest BCUT2D eigenvalue weighted by Gasteiger charge is 2.38. The largest absolute Gasteiger partial charge is 0.362 e. The molecule has 8 bridgehead atoms. The fourth-order valence-corrected chi connectivity index (χ4v) is 11.0. The number of halogens is 11. The molecule has 0 aliphatic carbocycles. The van der Waals surface area contributed by atoms with Crippen LogP contribution in [0.1, 0.15) is 86.6 Å². The van der Waals surface area contributed by atoms with Crippen LogP contribution in [0.3, 0.4) is 0 Å². The summed E-state index contributed by atoms with van der Waals surface area (Å²) < 4.78 is 182. The van der Waals surface area contributed by atoms with Gasteiger partial charge in [0.15, 0.2) is 46.5 Å². The van der Waals surface area contributed by atoms with Crippen LogP contribution >= 0.6 is 30.2 Å². The van der Waals surface area contributed by atoms with E-state index in [0.717, 1.165) is 3.57 Å². The standard InChI is InChI=1S/C52H38F10IN4O3P/c1-51(2,3)69-71(68,70-52(4,5)6)26-13-9-24(10-14-26)36-29-17-21-33(66-29)37(39-41(53)45(57)49(61)46(58)42(39)54)31-19-15-27(64-31)35(23-7-11-25(63)12-8-23)28-16-20-32(65-28)38(34-22-18-30(36)67-34)40-43(55)47(59)50(62)48(60)44(40)56/h7-22,64-67H,1-6H3. The lowest BCUT2D eigenvalue weighted by atomic mass is 10.00. The Bertz CT molecular complexity index is 3710. The first-order valence-electron chi connectivity index (χ1n) is 21.5. The maximum Gasteiger partial charge on any atom is 0.362 e. The molecule has 4 aromatic heterocycles. The zero-order chi connectivity index (χ0) is 51.2. The van der Waals surface area contributed by atoms with E-state index >= 15 is 35.1 Å². The molecule has 0 radical (unpaired) electrons. The van der Waals surface area contributed by atoms with Crippen molar-refractivity contribution in [3.8, 4) is 0 Å². The predicted molar refractivity (Wildman–Crippen MR) is 255 cm³/mol. The first-order valence-corrected chi connectivity index (χ1v) is 24.2. The maximum absolute atomic E-state index is 16.1. The molecular weight excluding hydrogens is 1080 g/mol. The van der Waals surface area contributed by atoms with Crippen LogP contribution in [-0.4, -0.2) is 31.1 Å². The van der Waals surface area contributed by atoms with E-state index in [1.54, 1.807) is 65.8 Å². The second-order valence-corrected chi connectivity index (χ2v) is 21.6. The van der Waals surface area contributed by atoms with E-state index in [2.05, 4.69) is 42.5 Å². The predicted octanol–water partition coefficient (Wildman–Crippen LogP) is 10.7. The molecule has 366 valence electrons. The van der Waals surface area contributed by atoms with Gasteiger partial charge in [0.1, 0.15) is 0 Å². The molecule has 71 heavy (non-hydrogen) atoms. The molecular formula is C52H38F10IN4O3P. The van der Waals surface area contributed by atoms with E-state index in [-0.39, 0.29) is 55.0 Å². The van der Waals surface area contributed by atoms with Gasteiger partial charge in [-0.05, 0) is 148 Å². The molecule has 8 aromatic rings. The SMILES string of the molecule is CC(C)(C)OP(=O)(OC(C)(C)C)c1ccc(C2=c3ccc([nH]3)=C(c3c(F)c(F)c(F)c(F)c3F)c3ccc([nH]3)C(c3ccc(I)cc3)=c3ccc([nH]3)=C(c3c(F)c(F)c(F)c(F)c3F)c3ccc2[nH]3)cc1. The lowest BCUT2D eigenvalue weighted by Crippen LogP contribution is -2.28. The minimum absolute atomic E-state index is 0.104. The first-order chi connectivity index (χ1) is 33.4. The zero-order valence-corrected chi connectivity index (χ0v) is 41.1. The molecule has 0 amide bonds. The average molecular weight is 1110 g/mol. The van der Waals surface area contributed by atoms with Crippen LogP contribution in [0.2, 0.25) is 0 Å². The van der Waals surface area contributed by atoms with E-state index in [0.29, 0.717) is 16.7 Å². The van der Waals surface area contributed by atoms with Crippen LogP contribution in [0.25, 0.3) is 22.3 Å². The molecule has 1 aliphatic rings. The highest BCUT2D eigenvalue weighted by molar-refractivity contribution is 14.1. The summed E-state index contributed by atoms with van der Waals surface area (Å²) in [6, 6.07) is 24.0. The second-order valence-electron chi connectivity index (χ2n) is 18.5. The number of aromatic nitrogens is 4. The summed E-state index contributed by atoms with van der Waals surface area (Å²) in [6.45, 7) is 10.2. The molecule has 0 fully saturated rings. The summed E-state index contributed by atoms with van der Waals surface area (Å²) in [7, 11) is -4.08. The van der Waals surface area contributed by atoms with Crippen molar-refractivity contribution in [2.75, 3.05) is 0 Å². The van der Waals surface area contributed by atoms with Crippen LogP contribution in [0.4, 0.5) is 43.9 Å². The van der Waals surface area contributed by atoms with Gasteiger partial charge in [-0.15, -0.1) is 0 Å². The molecule has 0 saturated heterocycles. The lowest BCUT2D eigenvalue weighted by molar-refractivity contribution is 0.0548. The van der Waals surface area contributed by atoms with E-state index in [1.807, 2.05) is 0 Å². The normalized spacial score (nSPS) is 13.5. The van der Waals surface area contributed by atoms with Crippen molar-refractivity contribution in [3.63, 3.8) is 0 Å². The van der Waals surface area contributed by atoms with Gasteiger partial charge in [-0.25, -0.2) is 43.9 Å². The average Bonchev–Trinajstić information content (AvgIpc) is 4.16. The van der Waals surface area contributed by atoms with Crippen molar-refractivity contribution in [1.29, 1.82) is 0 Å². The van der Waals surface area contributed by atoms with E-state index in [1.165, 1.54) is 72.8 Å². The van der Waals surface area contributed by atoms with Crippen molar-refractivity contribution in [2.45, 2.75) is 52.7 Å². The molecule has 9 rings (SSSR count). The Kier molecular flexibility index (Phi) is 12.6. The Labute approximate surface area is 411 Å². The molecule has 4 aromatic carbocycles. The van der Waals surface area contributed by atoms with Gasteiger partial charge in [-0.2, -0.15) is 0 Å². The van der Waals surface area contributed by atoms with Crippen LogP contribution < -0.4 is 26.7 Å². The van der Waals surface area contributed by atoms with Crippen molar-refractivity contribution in [1.82, 2.24) is 19.9 Å². The number of nitrogens with one attached hydrogen (secondary N) is 4. The summed E-state index contributed by atoms with van der Waals surface area (Å²) in [5.41, 5.74) is -4.21. The Morgan fingerprint density at radius 2 is 0.662 bits per heavy atom. The summed E-state index contributed by atoms with van der Waals surface area (Å²) >= 11 is 2.07. The number of H-pyrrole nitrogens is 4. The first kappa shape index (κ1) is 49.6. The molecule has 1 aliphatic heterocycles. The van der Waals surface area contributed by atoms with Gasteiger partial charge in [0.2, 0.25) is 11.6 Å². The Balaban J connectivity index is 1.43. The van der Waals surface area contributed by atoms with Gasteiger partial charge in [0, 0.05) is 70.0 Å². The molecule has 7 nitrogen and oxygen atoms in total. The van der Waals surface area contributed by atoms with Gasteiger partial charge in [0.25, 0.3) is 0 Å². The number of fused-ring (bicyclic) bond motifs is 8. The zero-order valence-electron chi connectivity index (χ0n) is 38.1. The lowest BCUT2D eigenvalue weighted by Gasteiger charge is -2.32. The summed E-state index contributed by atoms with van der Waals surface area (Å²) in [6.07, 6.45) is 0. The van der Waals surface area contributed by atoms with Crippen molar-refractivity contribution >= 4 is 57.8 Å². The van der Waals surface area contributed by atoms with Crippen LogP contribution in [0, 0.1) is 61.7 Å². The number of rotatable bonds is 7. The summed E-state index contributed by atoms with van der Waals surface area (Å²) in [5.74, 6) is -22.0. The minimum Gasteiger partial charge on any atom is -0.354 e. The Morgan fingerprint density at radius 1 is 0.380 bits per heavy atom. The molecule has 4 N–H and O–H groups in total. The van der Waals surface area contributed by atoms with E-state index in [4.69, 9.17) is 9.05 Å². The third-order valence-electron chi connectivity index (χ3n) is 11.2. The molecule has 19 heteroatoms. The van der Waals surface area contributed by atoms with Crippen molar-refractivity contribution in [3.05, 3.63) is 225 Å². The van der Waals surface area contributed by atoms with Gasteiger partial charge >= 0.3 is 7.60 Å². The van der Waals surface area contributed by atoms with E-state index < -0.39 is 99.2 Å². The number of hydrogen-bond acceptors (Lipinski definition) is 3. The van der Waals surface area contributed by atoms with Gasteiger partial charge in [-0.3, -0.25) is 13.6 Å². The smallest absolute Gasteiger partial charge is 0.354 e. The van der Waals surface area contributed by atoms with Gasteiger partial charge < -0.3 is 19.9 Å². The molecule has 0 spiro atoms. The van der Waals surface area contributed by atoms with Crippen LogP contribution in [0.5, 0.6) is 0 Å².